The number of unbranched alkanes of at least 4 members (excludes halogenated alkanes) is 1. The fraction of sp³-hybridized carbons (Fsp3) is 0.833. The number of carbonyl (C=O) groups is 2. The second kappa shape index (κ2) is 8.05. The third-order valence-corrected chi connectivity index (χ3v) is 3.23. The van der Waals surface area contributed by atoms with E-state index < -0.39 is 5.97 Å². The summed E-state index contributed by atoms with van der Waals surface area (Å²) in [4.78, 5) is 24.3. The van der Waals surface area contributed by atoms with E-state index in [1.807, 2.05) is 0 Å². The molecule has 1 rings (SSSR count). The maximum Gasteiger partial charge on any atom is 0.306 e. The molecule has 0 unspecified atom stereocenters. The molecule has 1 aliphatic rings. The molecule has 0 saturated carbocycles. The van der Waals surface area contributed by atoms with Crippen molar-refractivity contribution < 1.29 is 19.8 Å². The number of rotatable bonds is 7. The molecule has 0 aliphatic carbocycles. The monoisotopic (exact) mass is 258 g/mol. The number of hydrogen-bond acceptors (Lipinski definition) is 4. The quantitative estimate of drug-likeness (QED) is 0.544. The van der Waals surface area contributed by atoms with Gasteiger partial charge in [0.15, 0.2) is 0 Å². The molecule has 0 aromatic rings. The Morgan fingerprint density at radius 1 is 1.22 bits per heavy atom. The minimum atomic E-state index is -0.760. The standard InChI is InChI=1S/C12H22N2O4/c15-8-2-1-5-13-9-11(16)14-6-3-10(4-7-14)12(17)18/h10,13,15H,1-9H2,(H,17,18). The molecule has 1 heterocycles. The van der Waals surface area contributed by atoms with Crippen molar-refractivity contribution in [3.8, 4) is 0 Å². The highest BCUT2D eigenvalue weighted by Gasteiger charge is 2.26. The van der Waals surface area contributed by atoms with Gasteiger partial charge in [-0.15, -0.1) is 0 Å². The Morgan fingerprint density at radius 3 is 2.44 bits per heavy atom. The first-order chi connectivity index (χ1) is 8.65. The van der Waals surface area contributed by atoms with E-state index in [4.69, 9.17) is 10.2 Å². The molecule has 0 radical (unpaired) electrons. The van der Waals surface area contributed by atoms with Gasteiger partial charge in [-0.3, -0.25) is 9.59 Å². The van der Waals surface area contributed by atoms with Crippen LogP contribution in [0.5, 0.6) is 0 Å². The maximum atomic E-state index is 11.8. The lowest BCUT2D eigenvalue weighted by Gasteiger charge is -2.30. The smallest absolute Gasteiger partial charge is 0.306 e. The molecule has 0 aromatic heterocycles. The van der Waals surface area contributed by atoms with E-state index in [1.165, 1.54) is 0 Å². The van der Waals surface area contributed by atoms with Crippen molar-refractivity contribution in [3.63, 3.8) is 0 Å². The van der Waals surface area contributed by atoms with Crippen molar-refractivity contribution >= 4 is 11.9 Å². The summed E-state index contributed by atoms with van der Waals surface area (Å²) in [6.07, 6.45) is 2.69. The van der Waals surface area contributed by atoms with Gasteiger partial charge < -0.3 is 20.4 Å². The number of hydrogen-bond donors (Lipinski definition) is 3. The molecule has 6 heteroatoms. The van der Waals surface area contributed by atoms with Gasteiger partial charge in [-0.25, -0.2) is 0 Å². The maximum absolute atomic E-state index is 11.8. The zero-order valence-corrected chi connectivity index (χ0v) is 10.6. The number of carbonyl (C=O) groups excluding carboxylic acids is 1. The Labute approximate surface area is 107 Å². The normalized spacial score (nSPS) is 16.8. The molecule has 0 bridgehead atoms. The van der Waals surface area contributed by atoms with Gasteiger partial charge in [0, 0.05) is 19.7 Å². The number of amides is 1. The number of nitrogens with one attached hydrogen (secondary N) is 1. The summed E-state index contributed by atoms with van der Waals surface area (Å²) in [5, 5.41) is 20.5. The fourth-order valence-corrected chi connectivity index (χ4v) is 2.04. The van der Waals surface area contributed by atoms with Crippen LogP contribution < -0.4 is 5.32 Å². The minimum Gasteiger partial charge on any atom is -0.481 e. The van der Waals surface area contributed by atoms with E-state index in [9.17, 15) is 9.59 Å². The van der Waals surface area contributed by atoms with Gasteiger partial charge >= 0.3 is 5.97 Å². The number of carboxylic acid groups (broad SMARTS) is 1. The largest absolute Gasteiger partial charge is 0.481 e. The predicted molar refractivity (Wildman–Crippen MR) is 66.1 cm³/mol. The minimum absolute atomic E-state index is 0.0304. The van der Waals surface area contributed by atoms with Gasteiger partial charge in [-0.05, 0) is 32.2 Å². The molecule has 6 nitrogen and oxygen atoms in total. The summed E-state index contributed by atoms with van der Waals surface area (Å²) in [5.74, 6) is -1.03. The Morgan fingerprint density at radius 2 is 1.89 bits per heavy atom. The zero-order valence-electron chi connectivity index (χ0n) is 10.6. The van der Waals surface area contributed by atoms with Crippen molar-refractivity contribution in [3.05, 3.63) is 0 Å². The van der Waals surface area contributed by atoms with Crippen LogP contribution in [-0.4, -0.2) is 59.8 Å². The number of nitrogens with zero attached hydrogens (tertiary/aromatic N) is 1. The number of aliphatic carboxylic acids is 1. The molecule has 1 aliphatic heterocycles. The van der Waals surface area contributed by atoms with Gasteiger partial charge in [0.25, 0.3) is 0 Å². The first-order valence-corrected chi connectivity index (χ1v) is 6.47. The fourth-order valence-electron chi connectivity index (χ4n) is 2.04. The second-order valence-corrected chi connectivity index (χ2v) is 4.60. The van der Waals surface area contributed by atoms with Gasteiger partial charge in [0.05, 0.1) is 12.5 Å². The molecule has 1 saturated heterocycles. The topological polar surface area (TPSA) is 89.9 Å². The van der Waals surface area contributed by atoms with E-state index >= 15 is 0 Å². The average Bonchev–Trinajstić information content (AvgIpc) is 2.38. The van der Waals surface area contributed by atoms with Crippen molar-refractivity contribution in [1.82, 2.24) is 10.2 Å². The lowest BCUT2D eigenvalue weighted by molar-refractivity contribution is -0.145. The molecule has 104 valence electrons. The molecular formula is C12H22N2O4. The number of piperidine rings is 1. The van der Waals surface area contributed by atoms with Crippen molar-refractivity contribution in [1.29, 1.82) is 0 Å². The van der Waals surface area contributed by atoms with E-state index in [2.05, 4.69) is 5.32 Å². The van der Waals surface area contributed by atoms with Gasteiger partial charge in [-0.1, -0.05) is 0 Å². The van der Waals surface area contributed by atoms with E-state index in [-0.39, 0.29) is 18.4 Å². The molecule has 1 amide bonds. The summed E-state index contributed by atoms with van der Waals surface area (Å²) >= 11 is 0. The Balaban J connectivity index is 2.14. The highest BCUT2D eigenvalue weighted by atomic mass is 16.4. The van der Waals surface area contributed by atoms with Crippen LogP contribution >= 0.6 is 0 Å². The number of aliphatic hydroxyl groups is 1. The molecule has 0 atom stereocenters. The van der Waals surface area contributed by atoms with Crippen LogP contribution in [0.3, 0.4) is 0 Å². The van der Waals surface area contributed by atoms with Crippen LogP contribution in [0.4, 0.5) is 0 Å². The molecule has 0 spiro atoms. The van der Waals surface area contributed by atoms with E-state index in [0.29, 0.717) is 32.5 Å². The molecule has 18 heavy (non-hydrogen) atoms. The van der Waals surface area contributed by atoms with Crippen LogP contribution in [0.1, 0.15) is 25.7 Å². The van der Waals surface area contributed by atoms with Crippen molar-refractivity contribution in [2.45, 2.75) is 25.7 Å². The third-order valence-electron chi connectivity index (χ3n) is 3.23. The Hall–Kier alpha value is -1.14. The van der Waals surface area contributed by atoms with Crippen LogP contribution in [0.15, 0.2) is 0 Å². The second-order valence-electron chi connectivity index (χ2n) is 4.60. The summed E-state index contributed by atoms with van der Waals surface area (Å²) in [5.41, 5.74) is 0. The van der Waals surface area contributed by atoms with E-state index in [0.717, 1.165) is 19.4 Å². The van der Waals surface area contributed by atoms with Crippen molar-refractivity contribution in [2.24, 2.45) is 5.92 Å². The molecule has 0 aromatic carbocycles. The van der Waals surface area contributed by atoms with E-state index in [1.54, 1.807) is 4.90 Å². The average molecular weight is 258 g/mol. The zero-order chi connectivity index (χ0) is 13.4. The number of carboxylic acids is 1. The third kappa shape index (κ3) is 5.01. The van der Waals surface area contributed by atoms with Gasteiger partial charge in [0.1, 0.15) is 0 Å². The number of likely N-dealkylation sites (tertiary alicyclic amines) is 1. The first-order valence-electron chi connectivity index (χ1n) is 6.47. The van der Waals surface area contributed by atoms with Gasteiger partial charge in [0.2, 0.25) is 5.91 Å². The van der Waals surface area contributed by atoms with Crippen LogP contribution in [-0.2, 0) is 9.59 Å². The van der Waals surface area contributed by atoms with Crippen LogP contribution in [0.2, 0.25) is 0 Å². The summed E-state index contributed by atoms with van der Waals surface area (Å²) in [6, 6.07) is 0. The summed E-state index contributed by atoms with van der Waals surface area (Å²) in [7, 11) is 0. The predicted octanol–water partition coefficient (Wildman–Crippen LogP) is -0.328. The van der Waals surface area contributed by atoms with Crippen LogP contribution in [0.25, 0.3) is 0 Å². The highest BCUT2D eigenvalue weighted by molar-refractivity contribution is 5.78. The Kier molecular flexibility index (Phi) is 6.67. The van der Waals surface area contributed by atoms with Crippen molar-refractivity contribution in [2.75, 3.05) is 32.8 Å². The highest BCUT2D eigenvalue weighted by Crippen LogP contribution is 2.16. The number of aliphatic hydroxyl groups excluding tert-OH is 1. The summed E-state index contributed by atoms with van der Waals surface area (Å²) < 4.78 is 0. The first kappa shape index (κ1) is 14.9. The lowest BCUT2D eigenvalue weighted by Crippen LogP contribution is -2.44. The van der Waals surface area contributed by atoms with Gasteiger partial charge in [-0.2, -0.15) is 0 Å². The Bertz CT molecular complexity index is 275. The molecular weight excluding hydrogens is 236 g/mol. The summed E-state index contributed by atoms with van der Waals surface area (Å²) in [6.45, 7) is 2.27. The SMILES string of the molecule is O=C(O)C1CCN(C(=O)CNCCCCO)CC1. The molecule has 3 N–H and O–H groups in total. The molecule has 1 fully saturated rings. The lowest BCUT2D eigenvalue weighted by atomic mass is 9.97. The van der Waals surface area contributed by atoms with Crippen LogP contribution in [0, 0.1) is 5.92 Å².